The van der Waals surface area contributed by atoms with Crippen LogP contribution in [0.25, 0.3) is 6.08 Å². The molecule has 3 aromatic carbocycles. The molecule has 12 heteroatoms. The number of halogens is 2. The number of carbonyl (C=O) groups excluding carboxylic acids is 3. The molecule has 1 N–H and O–H groups in total. The van der Waals surface area contributed by atoms with E-state index in [0.29, 0.717) is 64.1 Å². The molecule has 41 heavy (non-hydrogen) atoms. The monoisotopic (exact) mass is 614 g/mol. The van der Waals surface area contributed by atoms with Crippen LogP contribution in [0.4, 0.5) is 10.5 Å². The number of benzene rings is 3. The molecule has 3 aromatic rings. The van der Waals surface area contributed by atoms with Crippen LogP contribution in [0.3, 0.4) is 0 Å². The lowest BCUT2D eigenvalue weighted by Gasteiger charge is -2.19. The van der Waals surface area contributed by atoms with Crippen LogP contribution in [-0.4, -0.2) is 48.3 Å². The van der Waals surface area contributed by atoms with Gasteiger partial charge in [0.15, 0.2) is 23.0 Å². The Bertz CT molecular complexity index is 1550. The van der Waals surface area contributed by atoms with Gasteiger partial charge in [-0.25, -0.2) is 0 Å². The number of hydrogen-bond acceptors (Lipinski definition) is 8. The molecule has 0 unspecified atom stereocenters. The number of rotatable bonds is 9. The van der Waals surface area contributed by atoms with E-state index in [2.05, 4.69) is 5.32 Å². The van der Waals surface area contributed by atoms with E-state index in [-0.39, 0.29) is 11.5 Å². The summed E-state index contributed by atoms with van der Waals surface area (Å²) in [5.41, 5.74) is 1.84. The predicted molar refractivity (Wildman–Crippen MR) is 157 cm³/mol. The van der Waals surface area contributed by atoms with Gasteiger partial charge in [0.1, 0.15) is 26.4 Å². The van der Waals surface area contributed by atoms with Gasteiger partial charge in [0.2, 0.25) is 5.91 Å². The normalized spacial score (nSPS) is 15.3. The van der Waals surface area contributed by atoms with Crippen molar-refractivity contribution in [3.05, 3.63) is 80.7 Å². The number of fused-ring (bicyclic) bond motifs is 1. The largest absolute Gasteiger partial charge is 0.490 e. The highest BCUT2D eigenvalue weighted by atomic mass is 35.5. The summed E-state index contributed by atoms with van der Waals surface area (Å²) in [6.45, 7) is 2.86. The van der Waals surface area contributed by atoms with E-state index < -0.39 is 23.6 Å². The maximum absolute atomic E-state index is 13.0. The topological polar surface area (TPSA) is 103 Å². The maximum atomic E-state index is 13.0. The van der Waals surface area contributed by atoms with Gasteiger partial charge in [0, 0.05) is 27.4 Å². The molecule has 1 saturated heterocycles. The quantitative estimate of drug-likeness (QED) is 0.275. The van der Waals surface area contributed by atoms with Gasteiger partial charge < -0.3 is 24.3 Å². The summed E-state index contributed by atoms with van der Waals surface area (Å²) in [5, 5.41) is 3.17. The SMILES string of the molecule is CCOc1cc(/C=C2/SC(=O)N(CC(=O)Nc3ccc4c(c3)OCCO4)C2=O)ccc1OCc1ccc(Cl)cc1Cl. The Morgan fingerprint density at radius 2 is 1.80 bits per heavy atom. The number of imide groups is 1. The molecule has 0 bridgehead atoms. The number of thioether (sulfide) groups is 1. The Morgan fingerprint density at radius 1 is 1.00 bits per heavy atom. The van der Waals surface area contributed by atoms with Crippen LogP contribution in [-0.2, 0) is 16.2 Å². The van der Waals surface area contributed by atoms with Crippen LogP contribution in [0.2, 0.25) is 10.0 Å². The van der Waals surface area contributed by atoms with Crippen LogP contribution in [0.1, 0.15) is 18.1 Å². The minimum atomic E-state index is -0.562. The van der Waals surface area contributed by atoms with Gasteiger partial charge in [0.25, 0.3) is 11.1 Å². The smallest absolute Gasteiger partial charge is 0.294 e. The van der Waals surface area contributed by atoms with Crippen molar-refractivity contribution in [2.45, 2.75) is 13.5 Å². The second-order valence-corrected chi connectivity index (χ2v) is 10.7. The highest BCUT2D eigenvalue weighted by Gasteiger charge is 2.36. The van der Waals surface area contributed by atoms with Gasteiger partial charge in [-0.1, -0.05) is 35.3 Å². The van der Waals surface area contributed by atoms with Crippen LogP contribution >= 0.6 is 35.0 Å². The number of nitrogens with zero attached hydrogens (tertiary/aromatic N) is 1. The molecule has 5 rings (SSSR count). The Morgan fingerprint density at radius 3 is 2.59 bits per heavy atom. The van der Waals surface area contributed by atoms with Crippen molar-refractivity contribution in [3.8, 4) is 23.0 Å². The lowest BCUT2D eigenvalue weighted by atomic mass is 10.1. The van der Waals surface area contributed by atoms with Gasteiger partial charge in [-0.15, -0.1) is 0 Å². The minimum Gasteiger partial charge on any atom is -0.490 e. The van der Waals surface area contributed by atoms with Gasteiger partial charge in [0.05, 0.1) is 11.5 Å². The van der Waals surface area contributed by atoms with E-state index in [1.807, 2.05) is 6.92 Å². The first kappa shape index (κ1) is 28.7. The highest BCUT2D eigenvalue weighted by Crippen LogP contribution is 2.36. The predicted octanol–water partition coefficient (Wildman–Crippen LogP) is 6.42. The van der Waals surface area contributed by atoms with Crippen molar-refractivity contribution in [1.82, 2.24) is 4.90 Å². The van der Waals surface area contributed by atoms with Crippen LogP contribution in [0.5, 0.6) is 23.0 Å². The molecule has 9 nitrogen and oxygen atoms in total. The number of anilines is 1. The molecule has 212 valence electrons. The minimum absolute atomic E-state index is 0.186. The third-order valence-corrected chi connectivity index (χ3v) is 7.46. The van der Waals surface area contributed by atoms with Crippen LogP contribution < -0.4 is 24.3 Å². The first-order chi connectivity index (χ1) is 19.8. The fourth-order valence-corrected chi connectivity index (χ4v) is 5.35. The molecule has 0 aliphatic carbocycles. The summed E-state index contributed by atoms with van der Waals surface area (Å²) in [6, 6.07) is 15.3. The fraction of sp³-hybridized carbons (Fsp3) is 0.207. The summed E-state index contributed by atoms with van der Waals surface area (Å²) in [4.78, 5) is 39.4. The summed E-state index contributed by atoms with van der Waals surface area (Å²) < 4.78 is 22.7. The molecule has 0 atom stereocenters. The molecule has 1 fully saturated rings. The van der Waals surface area contributed by atoms with Crippen LogP contribution in [0, 0.1) is 0 Å². The van der Waals surface area contributed by atoms with Gasteiger partial charge in [-0.3, -0.25) is 19.3 Å². The molecule has 2 aliphatic heterocycles. The highest BCUT2D eigenvalue weighted by molar-refractivity contribution is 8.18. The summed E-state index contributed by atoms with van der Waals surface area (Å²) in [7, 11) is 0. The zero-order valence-corrected chi connectivity index (χ0v) is 24.1. The van der Waals surface area contributed by atoms with Gasteiger partial charge in [-0.05, 0) is 66.7 Å². The first-order valence-corrected chi connectivity index (χ1v) is 14.2. The van der Waals surface area contributed by atoms with Crippen molar-refractivity contribution >= 4 is 63.8 Å². The zero-order valence-electron chi connectivity index (χ0n) is 21.8. The Hall–Kier alpha value is -3.86. The molecule has 2 aliphatic rings. The molecule has 0 aromatic heterocycles. The van der Waals surface area contributed by atoms with Crippen molar-refractivity contribution in [3.63, 3.8) is 0 Å². The van der Waals surface area contributed by atoms with Crippen molar-refractivity contribution in [1.29, 1.82) is 0 Å². The van der Waals surface area contributed by atoms with E-state index in [0.717, 1.165) is 22.2 Å². The molecule has 0 spiro atoms. The number of nitrogens with one attached hydrogen (secondary N) is 1. The molecular weight excluding hydrogens is 591 g/mol. The van der Waals surface area contributed by atoms with Gasteiger partial charge in [-0.2, -0.15) is 0 Å². The summed E-state index contributed by atoms with van der Waals surface area (Å²) in [5.74, 6) is 0.964. The molecule has 3 amide bonds. The number of carbonyl (C=O) groups is 3. The molecular formula is C29H24Cl2N2O7S. The zero-order chi connectivity index (χ0) is 28.9. The van der Waals surface area contributed by atoms with Crippen molar-refractivity contribution < 1.29 is 33.3 Å². The average Bonchev–Trinajstić information content (AvgIpc) is 3.20. The fourth-order valence-electron chi connectivity index (χ4n) is 4.05. The summed E-state index contributed by atoms with van der Waals surface area (Å²) >= 11 is 13.0. The molecule has 2 heterocycles. The van der Waals surface area contributed by atoms with E-state index in [1.165, 1.54) is 0 Å². The third kappa shape index (κ3) is 6.90. The van der Waals surface area contributed by atoms with Gasteiger partial charge >= 0.3 is 0 Å². The number of hydrogen-bond donors (Lipinski definition) is 1. The number of amides is 3. The third-order valence-electron chi connectivity index (χ3n) is 5.96. The number of ether oxygens (including phenoxy) is 4. The van der Waals surface area contributed by atoms with E-state index in [4.69, 9.17) is 42.1 Å². The molecule has 0 radical (unpaired) electrons. The van der Waals surface area contributed by atoms with E-state index >= 15 is 0 Å². The Balaban J connectivity index is 1.25. The van der Waals surface area contributed by atoms with Crippen molar-refractivity contribution in [2.24, 2.45) is 0 Å². The average molecular weight is 615 g/mol. The van der Waals surface area contributed by atoms with E-state index in [9.17, 15) is 14.4 Å². The standard InChI is InChI=1S/C29H24Cl2N2O7S/c1-2-37-24-11-17(3-7-23(24)40-16-18-4-5-19(30)13-21(18)31)12-26-28(35)33(29(36)41-26)15-27(34)32-20-6-8-22-25(14-20)39-10-9-38-22/h3-8,11-14H,2,9-10,15-16H2,1H3,(H,32,34)/b26-12+. The van der Waals surface area contributed by atoms with Crippen LogP contribution in [0.15, 0.2) is 59.5 Å². The lowest BCUT2D eigenvalue weighted by molar-refractivity contribution is -0.127. The second-order valence-electron chi connectivity index (χ2n) is 8.84. The maximum Gasteiger partial charge on any atom is 0.294 e. The first-order valence-electron chi connectivity index (χ1n) is 12.6. The van der Waals surface area contributed by atoms with E-state index in [1.54, 1.807) is 60.7 Å². The Kier molecular flexibility index (Phi) is 8.92. The summed E-state index contributed by atoms with van der Waals surface area (Å²) in [6.07, 6.45) is 1.58. The molecule has 0 saturated carbocycles. The van der Waals surface area contributed by atoms with Crippen molar-refractivity contribution in [2.75, 3.05) is 31.7 Å². The Labute approximate surface area is 250 Å². The lowest BCUT2D eigenvalue weighted by Crippen LogP contribution is -2.36. The second kappa shape index (κ2) is 12.8.